The van der Waals surface area contributed by atoms with Crippen LogP contribution in [0.1, 0.15) is 47.0 Å². The summed E-state index contributed by atoms with van der Waals surface area (Å²) < 4.78 is 0. The molecule has 0 saturated heterocycles. The van der Waals surface area contributed by atoms with Crippen molar-refractivity contribution in [3.8, 4) is 0 Å². The summed E-state index contributed by atoms with van der Waals surface area (Å²) in [6.07, 6.45) is 8.42. The highest BCUT2D eigenvalue weighted by Gasteiger charge is 2.45. The van der Waals surface area contributed by atoms with Gasteiger partial charge in [-0.25, -0.2) is 0 Å². The molecule has 2 aliphatic carbocycles. The third-order valence-electron chi connectivity index (χ3n) is 4.62. The highest BCUT2D eigenvalue weighted by Crippen LogP contribution is 2.46. The fraction of sp³-hybridized carbons (Fsp3) is 0.733. The molecule has 0 radical (unpaired) electrons. The summed E-state index contributed by atoms with van der Waals surface area (Å²) in [5.74, 6) is 1.85. The lowest BCUT2D eigenvalue weighted by atomic mass is 9.59. The summed E-state index contributed by atoms with van der Waals surface area (Å²) in [5, 5.41) is 0. The Morgan fingerprint density at radius 3 is 2.69 bits per heavy atom. The minimum Gasteiger partial charge on any atom is -0.321 e. The van der Waals surface area contributed by atoms with Gasteiger partial charge in [-0.2, -0.15) is 0 Å². The molecule has 3 atom stereocenters. The van der Waals surface area contributed by atoms with Gasteiger partial charge in [-0.3, -0.25) is 0 Å². The molecule has 0 unspecified atom stereocenters. The smallest absolute Gasteiger partial charge is 0.0441 e. The van der Waals surface area contributed by atoms with Crippen LogP contribution in [0.25, 0.3) is 0 Å². The summed E-state index contributed by atoms with van der Waals surface area (Å²) in [6.45, 7) is 9.11. The van der Waals surface area contributed by atoms with Crippen LogP contribution in [0, 0.1) is 17.8 Å². The SMILES string of the molecule is CC1=C[C@@]2(N)[C@H](CC1)C(C)=CC[C@@H]2C(C)C. The van der Waals surface area contributed by atoms with Gasteiger partial charge in [0.1, 0.15) is 0 Å². The molecule has 90 valence electrons. The Morgan fingerprint density at radius 1 is 1.38 bits per heavy atom. The van der Waals surface area contributed by atoms with Crippen LogP contribution < -0.4 is 5.73 Å². The lowest BCUT2D eigenvalue weighted by molar-refractivity contribution is 0.169. The first-order valence-corrected chi connectivity index (χ1v) is 6.59. The van der Waals surface area contributed by atoms with Gasteiger partial charge in [0.25, 0.3) is 0 Å². The van der Waals surface area contributed by atoms with Crippen LogP contribution in [0.5, 0.6) is 0 Å². The average Bonchev–Trinajstić information content (AvgIpc) is 2.15. The van der Waals surface area contributed by atoms with Crippen molar-refractivity contribution < 1.29 is 0 Å². The second-order valence-corrected chi connectivity index (χ2v) is 6.12. The van der Waals surface area contributed by atoms with Crippen molar-refractivity contribution in [2.45, 2.75) is 52.5 Å². The van der Waals surface area contributed by atoms with Gasteiger partial charge in [0.05, 0.1) is 0 Å². The molecule has 0 aromatic rings. The first kappa shape index (κ1) is 11.9. The van der Waals surface area contributed by atoms with Crippen LogP contribution in [-0.2, 0) is 0 Å². The van der Waals surface area contributed by atoms with Crippen LogP contribution in [0.4, 0.5) is 0 Å². The van der Waals surface area contributed by atoms with Crippen molar-refractivity contribution in [1.82, 2.24) is 0 Å². The van der Waals surface area contributed by atoms with E-state index in [4.69, 9.17) is 5.73 Å². The van der Waals surface area contributed by atoms with Crippen molar-refractivity contribution >= 4 is 0 Å². The fourth-order valence-electron chi connectivity index (χ4n) is 3.72. The summed E-state index contributed by atoms with van der Waals surface area (Å²) >= 11 is 0. The van der Waals surface area contributed by atoms with Crippen LogP contribution in [-0.4, -0.2) is 5.54 Å². The predicted octanol–water partition coefficient (Wildman–Crippen LogP) is 3.66. The first-order chi connectivity index (χ1) is 7.45. The minimum atomic E-state index is -0.0741. The lowest BCUT2D eigenvalue weighted by Crippen LogP contribution is -2.56. The van der Waals surface area contributed by atoms with E-state index < -0.39 is 0 Å². The molecular weight excluding hydrogens is 194 g/mol. The van der Waals surface area contributed by atoms with Crippen molar-refractivity contribution in [1.29, 1.82) is 0 Å². The molecule has 1 nitrogen and oxygen atoms in total. The Labute approximate surface area is 99.8 Å². The first-order valence-electron chi connectivity index (χ1n) is 6.59. The molecule has 0 aliphatic heterocycles. The maximum atomic E-state index is 6.77. The molecular formula is C15H25N. The van der Waals surface area contributed by atoms with E-state index in [1.165, 1.54) is 24.0 Å². The van der Waals surface area contributed by atoms with Gasteiger partial charge in [-0.05, 0) is 44.9 Å². The van der Waals surface area contributed by atoms with Crippen molar-refractivity contribution in [2.24, 2.45) is 23.5 Å². The zero-order chi connectivity index (χ0) is 11.9. The highest BCUT2D eigenvalue weighted by atomic mass is 14.8. The number of nitrogens with two attached hydrogens (primary N) is 1. The monoisotopic (exact) mass is 219 g/mol. The van der Waals surface area contributed by atoms with Crippen molar-refractivity contribution in [3.63, 3.8) is 0 Å². The standard InChI is InChI=1S/C15H25N/c1-10(2)13-8-6-12(4)14-7-5-11(3)9-15(13,14)16/h6,9-10,13-14H,5,7-8,16H2,1-4H3/t13-,14-,15+/m1/s1. The molecule has 0 aromatic heterocycles. The van der Waals surface area contributed by atoms with Gasteiger partial charge in [0, 0.05) is 11.5 Å². The molecule has 0 fully saturated rings. The molecule has 16 heavy (non-hydrogen) atoms. The van der Waals surface area contributed by atoms with Gasteiger partial charge < -0.3 is 5.73 Å². The van der Waals surface area contributed by atoms with E-state index in [-0.39, 0.29) is 5.54 Å². The molecule has 0 saturated carbocycles. The Hall–Kier alpha value is -0.560. The van der Waals surface area contributed by atoms with Crippen molar-refractivity contribution in [3.05, 3.63) is 23.3 Å². The maximum absolute atomic E-state index is 6.77. The third-order valence-corrected chi connectivity index (χ3v) is 4.62. The van der Waals surface area contributed by atoms with Gasteiger partial charge in [-0.15, -0.1) is 0 Å². The predicted molar refractivity (Wildman–Crippen MR) is 70.1 cm³/mol. The van der Waals surface area contributed by atoms with Crippen LogP contribution in [0.2, 0.25) is 0 Å². The molecule has 0 heterocycles. The quantitative estimate of drug-likeness (QED) is 0.669. The van der Waals surface area contributed by atoms with Gasteiger partial charge in [-0.1, -0.05) is 37.1 Å². The molecule has 2 aliphatic rings. The second kappa shape index (κ2) is 4.03. The molecule has 0 bridgehead atoms. The second-order valence-electron chi connectivity index (χ2n) is 6.12. The zero-order valence-corrected chi connectivity index (χ0v) is 11.1. The van der Waals surface area contributed by atoms with Gasteiger partial charge in [0.2, 0.25) is 0 Å². The Kier molecular flexibility index (Phi) is 3.00. The highest BCUT2D eigenvalue weighted by molar-refractivity contribution is 5.30. The largest absolute Gasteiger partial charge is 0.321 e. The maximum Gasteiger partial charge on any atom is 0.0441 e. The zero-order valence-electron chi connectivity index (χ0n) is 11.1. The summed E-state index contributed by atoms with van der Waals surface area (Å²) in [4.78, 5) is 0. The van der Waals surface area contributed by atoms with E-state index in [2.05, 4.69) is 39.8 Å². The molecule has 1 heteroatoms. The molecule has 2 N–H and O–H groups in total. The Morgan fingerprint density at radius 2 is 2.06 bits per heavy atom. The lowest BCUT2D eigenvalue weighted by Gasteiger charge is -2.49. The van der Waals surface area contributed by atoms with Crippen LogP contribution in [0.15, 0.2) is 23.3 Å². The number of rotatable bonds is 1. The van der Waals surface area contributed by atoms with E-state index in [9.17, 15) is 0 Å². The average molecular weight is 219 g/mol. The normalized spacial score (nSPS) is 39.1. The molecule has 0 amide bonds. The van der Waals surface area contributed by atoms with E-state index in [0.717, 1.165) is 6.42 Å². The number of hydrogen-bond acceptors (Lipinski definition) is 1. The summed E-state index contributed by atoms with van der Waals surface area (Å²) in [7, 11) is 0. The topological polar surface area (TPSA) is 26.0 Å². The van der Waals surface area contributed by atoms with E-state index in [1.54, 1.807) is 0 Å². The van der Waals surface area contributed by atoms with E-state index in [1.807, 2.05) is 0 Å². The van der Waals surface area contributed by atoms with E-state index >= 15 is 0 Å². The molecule has 0 spiro atoms. The third kappa shape index (κ3) is 1.75. The summed E-state index contributed by atoms with van der Waals surface area (Å²) in [5.41, 5.74) is 9.70. The Balaban J connectivity index is 2.43. The Bertz CT molecular complexity index is 337. The van der Waals surface area contributed by atoms with E-state index in [0.29, 0.717) is 17.8 Å². The van der Waals surface area contributed by atoms with Crippen LogP contribution in [0.3, 0.4) is 0 Å². The van der Waals surface area contributed by atoms with Gasteiger partial charge in [0.15, 0.2) is 0 Å². The fourth-order valence-corrected chi connectivity index (χ4v) is 3.72. The van der Waals surface area contributed by atoms with Gasteiger partial charge >= 0.3 is 0 Å². The summed E-state index contributed by atoms with van der Waals surface area (Å²) in [6, 6.07) is 0. The van der Waals surface area contributed by atoms with Crippen LogP contribution >= 0.6 is 0 Å². The number of fused-ring (bicyclic) bond motifs is 1. The van der Waals surface area contributed by atoms with Crippen molar-refractivity contribution in [2.75, 3.05) is 0 Å². The minimum absolute atomic E-state index is 0.0741. The molecule has 2 rings (SSSR count). The molecule has 0 aromatic carbocycles. The number of hydrogen-bond donors (Lipinski definition) is 1. The number of allylic oxidation sites excluding steroid dienone is 2.